The number of aromatic nitrogens is 1. The zero-order chi connectivity index (χ0) is 18.7. The Kier molecular flexibility index (Phi) is 5.49. The van der Waals surface area contributed by atoms with Crippen molar-refractivity contribution in [2.45, 2.75) is 32.3 Å². The third-order valence-electron chi connectivity index (χ3n) is 5.65. The zero-order valence-corrected chi connectivity index (χ0v) is 15.6. The Hall–Kier alpha value is -2.11. The Morgan fingerprint density at radius 2 is 1.96 bits per heavy atom. The molecular weight excluding hydrogens is 328 g/mol. The fourth-order valence-electron chi connectivity index (χ4n) is 4.09. The summed E-state index contributed by atoms with van der Waals surface area (Å²) < 4.78 is 1.92. The van der Waals surface area contributed by atoms with E-state index in [4.69, 9.17) is 0 Å². The van der Waals surface area contributed by atoms with Crippen LogP contribution < -0.4 is 0 Å². The lowest BCUT2D eigenvalue weighted by Gasteiger charge is -2.45. The van der Waals surface area contributed by atoms with Crippen molar-refractivity contribution < 1.29 is 15.0 Å². The van der Waals surface area contributed by atoms with Crippen LogP contribution in [0.5, 0.6) is 0 Å². The molecule has 0 saturated carbocycles. The van der Waals surface area contributed by atoms with Gasteiger partial charge in [-0.2, -0.15) is 0 Å². The first-order valence-electron chi connectivity index (χ1n) is 9.32. The number of benzene rings is 1. The highest BCUT2D eigenvalue weighted by atomic mass is 16.3. The summed E-state index contributed by atoms with van der Waals surface area (Å²) in [5.41, 5.74) is 2.08. The van der Waals surface area contributed by atoms with Gasteiger partial charge in [-0.25, -0.2) is 0 Å². The number of carbonyl (C=O) groups excluding carboxylic acids is 1. The lowest BCUT2D eigenvalue weighted by atomic mass is 9.74. The van der Waals surface area contributed by atoms with Crippen molar-refractivity contribution in [3.8, 4) is 11.3 Å². The second-order valence-electron chi connectivity index (χ2n) is 7.33. The molecule has 3 rings (SSSR count). The van der Waals surface area contributed by atoms with Crippen LogP contribution in [0.15, 0.2) is 42.5 Å². The molecule has 0 bridgehead atoms. The molecule has 26 heavy (non-hydrogen) atoms. The van der Waals surface area contributed by atoms with E-state index in [-0.39, 0.29) is 12.5 Å². The van der Waals surface area contributed by atoms with Crippen molar-refractivity contribution >= 4 is 5.91 Å². The van der Waals surface area contributed by atoms with Crippen LogP contribution in [0.2, 0.25) is 0 Å². The number of nitrogens with zero attached hydrogens (tertiary/aromatic N) is 2. The maximum Gasteiger partial charge on any atom is 0.270 e. The molecule has 1 amide bonds. The second kappa shape index (κ2) is 7.64. The standard InChI is InChI=1S/C21H28N2O3/c1-3-12-21(15-24)14-23(13-11-19(21)25)20(26)18-10-9-17(22(18)2)16-7-5-4-6-8-16/h4-10,19,24-25H,3,11-15H2,1-2H3/t19-,21-/m0/s1. The molecule has 5 heteroatoms. The summed E-state index contributed by atoms with van der Waals surface area (Å²) in [6.45, 7) is 2.84. The Bertz CT molecular complexity index is 756. The molecule has 1 aliphatic rings. The van der Waals surface area contributed by atoms with Crippen molar-refractivity contribution in [2.24, 2.45) is 12.5 Å². The van der Waals surface area contributed by atoms with Crippen molar-refractivity contribution in [2.75, 3.05) is 19.7 Å². The molecule has 1 fully saturated rings. The Morgan fingerprint density at radius 1 is 1.23 bits per heavy atom. The van der Waals surface area contributed by atoms with E-state index < -0.39 is 11.5 Å². The van der Waals surface area contributed by atoms with Gasteiger partial charge in [-0.1, -0.05) is 43.7 Å². The number of likely N-dealkylation sites (tertiary alicyclic amines) is 1. The van der Waals surface area contributed by atoms with Gasteiger partial charge in [0.15, 0.2) is 0 Å². The van der Waals surface area contributed by atoms with E-state index in [2.05, 4.69) is 0 Å². The lowest BCUT2D eigenvalue weighted by molar-refractivity contribution is -0.0721. The molecule has 2 heterocycles. The Labute approximate surface area is 154 Å². The molecule has 1 saturated heterocycles. The first-order chi connectivity index (χ1) is 12.5. The van der Waals surface area contributed by atoms with Gasteiger partial charge in [-0.3, -0.25) is 4.79 Å². The van der Waals surface area contributed by atoms with Gasteiger partial charge in [-0.05, 0) is 30.5 Å². The minimum absolute atomic E-state index is 0.0458. The van der Waals surface area contributed by atoms with Crippen molar-refractivity contribution in [1.82, 2.24) is 9.47 Å². The quantitative estimate of drug-likeness (QED) is 0.866. The van der Waals surface area contributed by atoms with Crippen LogP contribution in [0, 0.1) is 5.41 Å². The highest BCUT2D eigenvalue weighted by Crippen LogP contribution is 2.35. The van der Waals surface area contributed by atoms with Crippen LogP contribution in [0.4, 0.5) is 0 Å². The van der Waals surface area contributed by atoms with E-state index in [1.54, 1.807) is 4.90 Å². The van der Waals surface area contributed by atoms with E-state index in [1.807, 2.05) is 61.0 Å². The largest absolute Gasteiger partial charge is 0.396 e. The third kappa shape index (κ3) is 3.29. The Balaban J connectivity index is 1.85. The highest BCUT2D eigenvalue weighted by Gasteiger charge is 2.43. The van der Waals surface area contributed by atoms with E-state index >= 15 is 0 Å². The van der Waals surface area contributed by atoms with E-state index in [0.29, 0.717) is 31.6 Å². The van der Waals surface area contributed by atoms with E-state index in [0.717, 1.165) is 17.7 Å². The van der Waals surface area contributed by atoms with Crippen LogP contribution in [0.1, 0.15) is 36.7 Å². The Morgan fingerprint density at radius 3 is 2.62 bits per heavy atom. The molecule has 5 nitrogen and oxygen atoms in total. The maximum atomic E-state index is 13.1. The van der Waals surface area contributed by atoms with Gasteiger partial charge in [0.1, 0.15) is 5.69 Å². The molecule has 2 atom stereocenters. The minimum Gasteiger partial charge on any atom is -0.396 e. The van der Waals surface area contributed by atoms with E-state index in [1.165, 1.54) is 0 Å². The number of hydrogen-bond acceptors (Lipinski definition) is 3. The molecule has 2 N–H and O–H groups in total. The van der Waals surface area contributed by atoms with Crippen molar-refractivity contribution in [3.63, 3.8) is 0 Å². The predicted molar refractivity (Wildman–Crippen MR) is 102 cm³/mol. The van der Waals surface area contributed by atoms with Crippen molar-refractivity contribution in [1.29, 1.82) is 0 Å². The number of hydrogen-bond donors (Lipinski definition) is 2. The van der Waals surface area contributed by atoms with Crippen LogP contribution in [-0.2, 0) is 7.05 Å². The monoisotopic (exact) mass is 356 g/mol. The highest BCUT2D eigenvalue weighted by molar-refractivity contribution is 5.94. The van der Waals surface area contributed by atoms with Gasteiger partial charge in [0.2, 0.25) is 0 Å². The molecule has 0 aliphatic carbocycles. The normalized spacial score (nSPS) is 23.2. The average Bonchev–Trinajstić information content (AvgIpc) is 3.05. The van der Waals surface area contributed by atoms with Crippen LogP contribution in [0.3, 0.4) is 0 Å². The number of carbonyl (C=O) groups is 1. The van der Waals surface area contributed by atoms with Crippen LogP contribution in [0.25, 0.3) is 11.3 Å². The van der Waals surface area contributed by atoms with Gasteiger partial charge in [0.25, 0.3) is 5.91 Å². The number of rotatable bonds is 5. The van der Waals surface area contributed by atoms with Crippen molar-refractivity contribution in [3.05, 3.63) is 48.2 Å². The fraction of sp³-hybridized carbons (Fsp3) is 0.476. The average molecular weight is 356 g/mol. The van der Waals surface area contributed by atoms with Gasteiger partial charge in [0.05, 0.1) is 12.7 Å². The molecule has 0 spiro atoms. The topological polar surface area (TPSA) is 65.7 Å². The number of amides is 1. The minimum atomic E-state index is -0.615. The van der Waals surface area contributed by atoms with Crippen LogP contribution in [-0.4, -0.2) is 51.4 Å². The molecular formula is C21H28N2O3. The van der Waals surface area contributed by atoms with Gasteiger partial charge >= 0.3 is 0 Å². The van der Waals surface area contributed by atoms with Gasteiger partial charge in [0, 0.05) is 31.2 Å². The molecule has 1 aromatic carbocycles. The SMILES string of the molecule is CCC[C@@]1(CO)CN(C(=O)c2ccc(-c3ccccc3)n2C)CC[C@@H]1O. The zero-order valence-electron chi connectivity index (χ0n) is 15.6. The maximum absolute atomic E-state index is 13.1. The fourth-order valence-corrected chi connectivity index (χ4v) is 4.09. The smallest absolute Gasteiger partial charge is 0.270 e. The lowest BCUT2D eigenvalue weighted by Crippen LogP contribution is -2.55. The molecule has 1 aliphatic heterocycles. The molecule has 0 unspecified atom stereocenters. The summed E-state index contributed by atoms with van der Waals surface area (Å²) in [4.78, 5) is 14.9. The summed E-state index contributed by atoms with van der Waals surface area (Å²) in [6.07, 6.45) is 1.51. The predicted octanol–water partition coefficient (Wildman–Crippen LogP) is 2.68. The third-order valence-corrected chi connectivity index (χ3v) is 5.65. The van der Waals surface area contributed by atoms with Crippen LogP contribution >= 0.6 is 0 Å². The molecule has 1 aromatic heterocycles. The van der Waals surface area contributed by atoms with Gasteiger partial charge in [-0.15, -0.1) is 0 Å². The summed E-state index contributed by atoms with van der Waals surface area (Å²) in [6, 6.07) is 13.8. The van der Waals surface area contributed by atoms with E-state index in [9.17, 15) is 15.0 Å². The number of aliphatic hydroxyl groups is 2. The summed E-state index contributed by atoms with van der Waals surface area (Å²) in [5, 5.41) is 20.3. The molecule has 2 aromatic rings. The summed E-state index contributed by atoms with van der Waals surface area (Å²) >= 11 is 0. The first kappa shape index (κ1) is 18.7. The molecule has 140 valence electrons. The molecule has 0 radical (unpaired) electrons. The first-order valence-corrected chi connectivity index (χ1v) is 9.32. The number of piperidine rings is 1. The number of aliphatic hydroxyl groups excluding tert-OH is 2. The van der Waals surface area contributed by atoms with Gasteiger partial charge < -0.3 is 19.7 Å². The summed E-state index contributed by atoms with van der Waals surface area (Å²) in [5.74, 6) is -0.0458. The summed E-state index contributed by atoms with van der Waals surface area (Å²) in [7, 11) is 1.90. The second-order valence-corrected chi connectivity index (χ2v) is 7.33.